The summed E-state index contributed by atoms with van der Waals surface area (Å²) in [6.45, 7) is 1.89. The lowest BCUT2D eigenvalue weighted by Gasteiger charge is -2.12. The number of benzene rings is 2. The van der Waals surface area contributed by atoms with E-state index in [0.717, 1.165) is 35.3 Å². The van der Waals surface area contributed by atoms with Gasteiger partial charge in [0.15, 0.2) is 0 Å². The maximum atomic E-state index is 13.0. The Morgan fingerprint density at radius 3 is 2.52 bits per heavy atom. The van der Waals surface area contributed by atoms with Gasteiger partial charge in [0, 0.05) is 16.1 Å². The van der Waals surface area contributed by atoms with Crippen molar-refractivity contribution >= 4 is 55.5 Å². The monoisotopic (exact) mass is 504 g/mol. The Balaban J connectivity index is 1.62. The summed E-state index contributed by atoms with van der Waals surface area (Å²) < 4.78 is 33.2. The highest BCUT2D eigenvalue weighted by Crippen LogP contribution is 2.39. The fourth-order valence-corrected chi connectivity index (χ4v) is 6.53. The van der Waals surface area contributed by atoms with Crippen molar-refractivity contribution in [3.63, 3.8) is 0 Å². The lowest BCUT2D eigenvalue weighted by Crippen LogP contribution is -2.17. The molecule has 1 amide bonds. The summed E-state index contributed by atoms with van der Waals surface area (Å²) >= 11 is 7.50. The molecule has 4 rings (SSSR count). The van der Waals surface area contributed by atoms with E-state index in [1.54, 1.807) is 24.3 Å². The van der Waals surface area contributed by atoms with Gasteiger partial charge in [-0.2, -0.15) is 0 Å². The number of anilines is 2. The first-order valence-corrected chi connectivity index (χ1v) is 12.8. The van der Waals surface area contributed by atoms with Crippen LogP contribution in [0.2, 0.25) is 5.02 Å². The second-order valence-electron chi connectivity index (χ2n) is 7.62. The number of carbonyl (C=O) groups is 2. The van der Waals surface area contributed by atoms with E-state index in [2.05, 4.69) is 10.0 Å². The first-order chi connectivity index (χ1) is 15.7. The van der Waals surface area contributed by atoms with Gasteiger partial charge in [-0.1, -0.05) is 29.3 Å². The Morgan fingerprint density at radius 1 is 1.09 bits per heavy atom. The molecule has 2 N–H and O–H groups in total. The Morgan fingerprint density at radius 2 is 1.82 bits per heavy atom. The maximum absolute atomic E-state index is 13.0. The van der Waals surface area contributed by atoms with Crippen LogP contribution in [-0.2, 0) is 27.6 Å². The van der Waals surface area contributed by atoms with Gasteiger partial charge in [0.25, 0.3) is 15.9 Å². The molecule has 7 nitrogen and oxygen atoms in total. The third-order valence-corrected chi connectivity index (χ3v) is 8.39. The van der Waals surface area contributed by atoms with Crippen LogP contribution in [-0.4, -0.2) is 27.4 Å². The zero-order valence-corrected chi connectivity index (χ0v) is 20.3. The average Bonchev–Trinajstić information content (AvgIpc) is 3.35. The van der Waals surface area contributed by atoms with Gasteiger partial charge >= 0.3 is 5.97 Å². The molecule has 0 saturated carbocycles. The number of amides is 1. The summed E-state index contributed by atoms with van der Waals surface area (Å²) in [5.41, 5.74) is 2.73. The van der Waals surface area contributed by atoms with Crippen LogP contribution in [0, 0.1) is 6.92 Å². The zero-order chi connectivity index (χ0) is 23.8. The first kappa shape index (κ1) is 23.3. The largest absolute Gasteiger partial charge is 0.465 e. The van der Waals surface area contributed by atoms with Crippen molar-refractivity contribution in [1.82, 2.24) is 0 Å². The molecule has 1 aliphatic carbocycles. The Hall–Kier alpha value is -2.88. The van der Waals surface area contributed by atoms with Crippen LogP contribution in [0.25, 0.3) is 0 Å². The number of thiophene rings is 1. The summed E-state index contributed by atoms with van der Waals surface area (Å²) in [4.78, 5) is 26.1. The van der Waals surface area contributed by atoms with E-state index in [0.29, 0.717) is 16.3 Å². The summed E-state index contributed by atoms with van der Waals surface area (Å²) in [6.07, 6.45) is 2.54. The van der Waals surface area contributed by atoms with E-state index in [1.165, 1.54) is 36.6 Å². The average molecular weight is 505 g/mol. The highest BCUT2D eigenvalue weighted by Gasteiger charge is 2.28. The van der Waals surface area contributed by atoms with Gasteiger partial charge < -0.3 is 10.1 Å². The van der Waals surface area contributed by atoms with Crippen LogP contribution in [0.4, 0.5) is 10.7 Å². The predicted molar refractivity (Wildman–Crippen MR) is 129 cm³/mol. The number of fused-ring (bicyclic) bond motifs is 1. The normalized spacial score (nSPS) is 12.8. The smallest absolute Gasteiger partial charge is 0.341 e. The molecule has 33 heavy (non-hydrogen) atoms. The van der Waals surface area contributed by atoms with E-state index in [-0.39, 0.29) is 15.5 Å². The Kier molecular flexibility index (Phi) is 6.47. The molecule has 0 atom stereocenters. The standard InChI is InChI=1S/C23H21ClN2O5S2/c1-13-6-9-15(10-7-13)26-33(29,30)19-12-14(8-11-17(19)24)21(27)25-22-20(23(28)31-2)16-4-3-5-18(16)32-22/h6-12,26H,3-5H2,1-2H3,(H,25,27). The minimum absolute atomic E-state index is 0.0171. The van der Waals surface area contributed by atoms with E-state index >= 15 is 0 Å². The number of halogens is 1. The molecule has 1 aliphatic rings. The topological polar surface area (TPSA) is 102 Å². The van der Waals surface area contributed by atoms with Gasteiger partial charge in [-0.25, -0.2) is 13.2 Å². The highest BCUT2D eigenvalue weighted by molar-refractivity contribution is 7.92. The summed E-state index contributed by atoms with van der Waals surface area (Å²) in [7, 11) is -2.75. The number of esters is 1. The Bertz CT molecular complexity index is 1350. The molecular weight excluding hydrogens is 484 g/mol. The van der Waals surface area contributed by atoms with Crippen LogP contribution in [0.3, 0.4) is 0 Å². The van der Waals surface area contributed by atoms with Crippen molar-refractivity contribution in [2.75, 3.05) is 17.1 Å². The third-order valence-electron chi connectivity index (χ3n) is 5.32. The van der Waals surface area contributed by atoms with Gasteiger partial charge in [0.2, 0.25) is 0 Å². The van der Waals surface area contributed by atoms with E-state index in [1.807, 2.05) is 6.92 Å². The number of methoxy groups -OCH3 is 1. The van der Waals surface area contributed by atoms with Crippen LogP contribution >= 0.6 is 22.9 Å². The summed E-state index contributed by atoms with van der Waals surface area (Å²) in [5, 5.41) is 3.13. The molecule has 3 aromatic rings. The molecule has 0 fully saturated rings. The van der Waals surface area contributed by atoms with E-state index < -0.39 is 21.9 Å². The highest BCUT2D eigenvalue weighted by atomic mass is 35.5. The molecule has 0 bridgehead atoms. The molecule has 0 aliphatic heterocycles. The molecule has 1 heterocycles. The number of sulfonamides is 1. The lowest BCUT2D eigenvalue weighted by molar-refractivity contribution is 0.0601. The minimum Gasteiger partial charge on any atom is -0.465 e. The van der Waals surface area contributed by atoms with Crippen LogP contribution < -0.4 is 10.0 Å². The van der Waals surface area contributed by atoms with Crippen molar-refractivity contribution in [2.24, 2.45) is 0 Å². The molecule has 172 valence electrons. The van der Waals surface area contributed by atoms with Gasteiger partial charge in [-0.3, -0.25) is 9.52 Å². The molecular formula is C23H21ClN2O5S2. The molecule has 2 aromatic carbocycles. The van der Waals surface area contributed by atoms with Crippen molar-refractivity contribution in [1.29, 1.82) is 0 Å². The zero-order valence-electron chi connectivity index (χ0n) is 17.9. The number of hydrogen-bond donors (Lipinski definition) is 2. The van der Waals surface area contributed by atoms with Crippen molar-refractivity contribution in [3.8, 4) is 0 Å². The Labute approximate surface area is 200 Å². The van der Waals surface area contributed by atoms with E-state index in [4.69, 9.17) is 16.3 Å². The van der Waals surface area contributed by atoms with Gasteiger partial charge in [0.05, 0.1) is 17.7 Å². The van der Waals surface area contributed by atoms with E-state index in [9.17, 15) is 18.0 Å². The SMILES string of the molecule is COC(=O)c1c(NC(=O)c2ccc(Cl)c(S(=O)(=O)Nc3ccc(C)cc3)c2)sc2c1CCC2. The number of aryl methyl sites for hydroxylation is 2. The van der Waals surface area contributed by atoms with Crippen LogP contribution in [0.1, 0.15) is 43.1 Å². The second-order valence-corrected chi connectivity index (χ2v) is 10.8. The molecule has 0 radical (unpaired) electrons. The maximum Gasteiger partial charge on any atom is 0.341 e. The minimum atomic E-state index is -4.04. The van der Waals surface area contributed by atoms with Crippen molar-refractivity contribution in [3.05, 3.63) is 74.6 Å². The molecule has 1 aromatic heterocycles. The summed E-state index contributed by atoms with van der Waals surface area (Å²) in [6, 6.07) is 10.8. The third kappa shape index (κ3) is 4.75. The quantitative estimate of drug-likeness (QED) is 0.458. The number of carbonyl (C=O) groups excluding carboxylic acids is 2. The van der Waals surface area contributed by atoms with Crippen molar-refractivity contribution in [2.45, 2.75) is 31.1 Å². The number of hydrogen-bond acceptors (Lipinski definition) is 6. The molecule has 0 saturated heterocycles. The van der Waals surface area contributed by atoms with Crippen LogP contribution in [0.15, 0.2) is 47.4 Å². The molecule has 0 spiro atoms. The first-order valence-electron chi connectivity index (χ1n) is 10.1. The van der Waals surface area contributed by atoms with Gasteiger partial charge in [-0.05, 0) is 62.1 Å². The second kappa shape index (κ2) is 9.17. The fourth-order valence-electron chi connectivity index (χ4n) is 3.67. The predicted octanol–water partition coefficient (Wildman–Crippen LogP) is 5.04. The molecule has 0 unspecified atom stereocenters. The fraction of sp³-hybridized carbons (Fsp3) is 0.217. The number of nitrogens with one attached hydrogen (secondary N) is 2. The summed E-state index contributed by atoms with van der Waals surface area (Å²) in [5.74, 6) is -1.06. The van der Waals surface area contributed by atoms with Gasteiger partial charge in [0.1, 0.15) is 9.90 Å². The van der Waals surface area contributed by atoms with Crippen molar-refractivity contribution < 1.29 is 22.7 Å². The number of rotatable bonds is 6. The molecule has 10 heteroatoms. The number of ether oxygens (including phenoxy) is 1. The van der Waals surface area contributed by atoms with Crippen LogP contribution in [0.5, 0.6) is 0 Å². The lowest BCUT2D eigenvalue weighted by atomic mass is 10.1. The van der Waals surface area contributed by atoms with Gasteiger partial charge in [-0.15, -0.1) is 11.3 Å².